The van der Waals surface area contributed by atoms with Crippen LogP contribution in [0.2, 0.25) is 0 Å². The summed E-state index contributed by atoms with van der Waals surface area (Å²) < 4.78 is 23.4. The molecule has 0 saturated heterocycles. The number of nitrogens with zero attached hydrogens (tertiary/aromatic N) is 1. The van der Waals surface area contributed by atoms with E-state index >= 15 is 0 Å². The normalized spacial score (nSPS) is 11.5. The number of hydrogen-bond acceptors (Lipinski definition) is 5. The van der Waals surface area contributed by atoms with Crippen molar-refractivity contribution in [2.24, 2.45) is 5.14 Å². The second-order valence-corrected chi connectivity index (χ2v) is 7.82. The van der Waals surface area contributed by atoms with Crippen molar-refractivity contribution in [2.75, 3.05) is 5.32 Å². The molecule has 0 unspecified atom stereocenters. The summed E-state index contributed by atoms with van der Waals surface area (Å²) in [6.45, 7) is 0. The molecule has 0 aliphatic rings. The molecule has 0 spiro atoms. The minimum absolute atomic E-state index is 0.0603. The van der Waals surface area contributed by atoms with Gasteiger partial charge in [-0.15, -0.1) is 0 Å². The van der Waals surface area contributed by atoms with Crippen LogP contribution >= 0.6 is 11.3 Å². The predicted octanol–water partition coefficient (Wildman–Crippen LogP) is 2.52. The number of anilines is 1. The molecule has 2 aromatic carbocycles. The molecule has 1 amide bonds. The number of nitrogens with two attached hydrogens (primary N) is 1. The molecule has 3 rings (SSSR count). The summed E-state index contributed by atoms with van der Waals surface area (Å²) in [5, 5.41) is 8.41. The molecule has 0 aliphatic carbocycles. The first-order valence-electron chi connectivity index (χ1n) is 7.19. The first-order chi connectivity index (χ1) is 11.4. The number of carbonyl (C=O) groups is 1. The molecular formula is C16H15N3O3S2. The zero-order valence-corrected chi connectivity index (χ0v) is 14.2. The fourth-order valence-corrected chi connectivity index (χ4v) is 3.61. The zero-order valence-electron chi connectivity index (χ0n) is 12.6. The van der Waals surface area contributed by atoms with Gasteiger partial charge in [0, 0.05) is 6.42 Å². The Bertz CT molecular complexity index is 946. The van der Waals surface area contributed by atoms with E-state index in [2.05, 4.69) is 10.3 Å². The summed E-state index contributed by atoms with van der Waals surface area (Å²) in [6, 6.07) is 13.9. The van der Waals surface area contributed by atoms with E-state index in [1.165, 1.54) is 23.5 Å². The third kappa shape index (κ3) is 3.97. The van der Waals surface area contributed by atoms with Crippen molar-refractivity contribution >= 4 is 42.6 Å². The topological polar surface area (TPSA) is 102 Å². The highest BCUT2D eigenvalue weighted by Gasteiger charge is 2.09. The van der Waals surface area contributed by atoms with Crippen LogP contribution in [0.3, 0.4) is 0 Å². The summed E-state index contributed by atoms with van der Waals surface area (Å²) >= 11 is 1.43. The van der Waals surface area contributed by atoms with Gasteiger partial charge in [0.2, 0.25) is 15.9 Å². The maximum absolute atomic E-state index is 12.0. The first kappa shape index (κ1) is 16.6. The lowest BCUT2D eigenvalue weighted by molar-refractivity contribution is -0.116. The van der Waals surface area contributed by atoms with Gasteiger partial charge in [0.1, 0.15) is 0 Å². The van der Waals surface area contributed by atoms with Gasteiger partial charge in [0.15, 0.2) is 5.13 Å². The fraction of sp³-hybridized carbons (Fsp3) is 0.125. The van der Waals surface area contributed by atoms with Crippen LogP contribution in [-0.2, 0) is 21.2 Å². The van der Waals surface area contributed by atoms with Crippen LogP contribution in [0, 0.1) is 0 Å². The van der Waals surface area contributed by atoms with Gasteiger partial charge >= 0.3 is 0 Å². The summed E-state index contributed by atoms with van der Waals surface area (Å²) in [7, 11) is -3.69. The third-order valence-corrected chi connectivity index (χ3v) is 5.31. The van der Waals surface area contributed by atoms with Gasteiger partial charge in [-0.25, -0.2) is 18.5 Å². The number of aryl methyl sites for hydroxylation is 1. The fourth-order valence-electron chi connectivity index (χ4n) is 2.21. The molecule has 0 radical (unpaired) electrons. The number of nitrogens with one attached hydrogen (secondary N) is 1. The number of para-hydroxylation sites is 1. The van der Waals surface area contributed by atoms with Crippen LogP contribution in [0.5, 0.6) is 0 Å². The molecule has 0 aliphatic heterocycles. The van der Waals surface area contributed by atoms with Crippen molar-refractivity contribution in [1.29, 1.82) is 0 Å². The van der Waals surface area contributed by atoms with Crippen molar-refractivity contribution in [3.63, 3.8) is 0 Å². The van der Waals surface area contributed by atoms with Gasteiger partial charge in [-0.1, -0.05) is 35.6 Å². The van der Waals surface area contributed by atoms with Gasteiger partial charge in [0.05, 0.1) is 15.1 Å². The number of amides is 1. The molecule has 3 aromatic rings. The lowest BCUT2D eigenvalue weighted by Gasteiger charge is -2.03. The SMILES string of the molecule is NS(=O)(=O)c1ccc(CCC(=O)Nc2nc3ccccc3s2)cc1. The van der Waals surface area contributed by atoms with Gasteiger partial charge < -0.3 is 5.32 Å². The van der Waals surface area contributed by atoms with E-state index < -0.39 is 10.0 Å². The minimum atomic E-state index is -3.69. The van der Waals surface area contributed by atoms with Crippen LogP contribution in [0.25, 0.3) is 10.2 Å². The average Bonchev–Trinajstić information content (AvgIpc) is 2.94. The van der Waals surface area contributed by atoms with Crippen molar-refractivity contribution in [2.45, 2.75) is 17.7 Å². The molecule has 0 atom stereocenters. The van der Waals surface area contributed by atoms with Gasteiger partial charge in [-0.3, -0.25) is 4.79 Å². The van der Waals surface area contributed by atoms with E-state index in [1.54, 1.807) is 12.1 Å². The summed E-state index contributed by atoms with van der Waals surface area (Å²) in [4.78, 5) is 16.4. The number of sulfonamides is 1. The Kier molecular flexibility index (Phi) is 4.61. The van der Waals surface area contributed by atoms with Crippen LogP contribution in [0.15, 0.2) is 53.4 Å². The molecule has 0 bridgehead atoms. The number of primary sulfonamides is 1. The predicted molar refractivity (Wildman–Crippen MR) is 94.4 cm³/mol. The number of thiazole rings is 1. The van der Waals surface area contributed by atoms with Gasteiger partial charge in [0.25, 0.3) is 0 Å². The Morgan fingerprint density at radius 2 is 1.83 bits per heavy atom. The smallest absolute Gasteiger partial charge is 0.238 e. The molecule has 1 aromatic heterocycles. The molecule has 3 N–H and O–H groups in total. The molecule has 1 heterocycles. The van der Waals surface area contributed by atoms with E-state index in [-0.39, 0.29) is 17.2 Å². The largest absolute Gasteiger partial charge is 0.302 e. The Labute approximate surface area is 143 Å². The Morgan fingerprint density at radius 3 is 2.50 bits per heavy atom. The van der Waals surface area contributed by atoms with E-state index in [0.717, 1.165) is 15.8 Å². The summed E-state index contributed by atoms with van der Waals surface area (Å²) in [5.74, 6) is -0.135. The third-order valence-electron chi connectivity index (χ3n) is 3.43. The van der Waals surface area contributed by atoms with Gasteiger partial charge in [-0.05, 0) is 36.2 Å². The average molecular weight is 361 g/mol. The number of carbonyl (C=O) groups excluding carboxylic acids is 1. The maximum Gasteiger partial charge on any atom is 0.238 e. The highest BCUT2D eigenvalue weighted by atomic mass is 32.2. The number of rotatable bonds is 5. The maximum atomic E-state index is 12.0. The van der Waals surface area contributed by atoms with Crippen molar-refractivity contribution in [3.8, 4) is 0 Å². The quantitative estimate of drug-likeness (QED) is 0.729. The standard InChI is InChI=1S/C16H15N3O3S2/c17-24(21,22)12-8-5-11(6-9-12)7-10-15(20)19-16-18-13-3-1-2-4-14(13)23-16/h1-6,8-9H,7,10H2,(H2,17,21,22)(H,18,19,20). The van der Waals surface area contributed by atoms with E-state index in [9.17, 15) is 13.2 Å². The molecular weight excluding hydrogens is 346 g/mol. The first-order valence-corrected chi connectivity index (χ1v) is 9.55. The second-order valence-electron chi connectivity index (χ2n) is 5.22. The summed E-state index contributed by atoms with van der Waals surface area (Å²) in [6.07, 6.45) is 0.784. The second kappa shape index (κ2) is 6.68. The van der Waals surface area contributed by atoms with Crippen molar-refractivity contribution in [3.05, 3.63) is 54.1 Å². The minimum Gasteiger partial charge on any atom is -0.302 e. The highest BCUT2D eigenvalue weighted by molar-refractivity contribution is 7.89. The number of aromatic nitrogens is 1. The molecule has 0 saturated carbocycles. The van der Waals surface area contributed by atoms with E-state index in [0.29, 0.717) is 11.6 Å². The molecule has 0 fully saturated rings. The number of hydrogen-bond donors (Lipinski definition) is 2. The van der Waals surface area contributed by atoms with Crippen molar-refractivity contribution in [1.82, 2.24) is 4.98 Å². The van der Waals surface area contributed by atoms with Crippen LogP contribution in [0.4, 0.5) is 5.13 Å². The lowest BCUT2D eigenvalue weighted by Crippen LogP contribution is -2.13. The van der Waals surface area contributed by atoms with Crippen LogP contribution in [-0.4, -0.2) is 19.3 Å². The zero-order chi connectivity index (χ0) is 17.2. The molecule has 6 nitrogen and oxygen atoms in total. The van der Waals surface area contributed by atoms with E-state index in [4.69, 9.17) is 5.14 Å². The molecule has 24 heavy (non-hydrogen) atoms. The number of fused-ring (bicyclic) bond motifs is 1. The Hall–Kier alpha value is -2.29. The van der Waals surface area contributed by atoms with Gasteiger partial charge in [-0.2, -0.15) is 0 Å². The summed E-state index contributed by atoms with van der Waals surface area (Å²) in [5.41, 5.74) is 1.72. The molecule has 8 heteroatoms. The Balaban J connectivity index is 1.59. The van der Waals surface area contributed by atoms with Crippen molar-refractivity contribution < 1.29 is 13.2 Å². The monoisotopic (exact) mass is 361 g/mol. The molecule has 124 valence electrons. The van der Waals surface area contributed by atoms with Crippen LogP contribution in [0.1, 0.15) is 12.0 Å². The Morgan fingerprint density at radius 1 is 1.12 bits per heavy atom. The lowest BCUT2D eigenvalue weighted by atomic mass is 10.1. The number of benzene rings is 2. The van der Waals surface area contributed by atoms with Crippen LogP contribution < -0.4 is 10.5 Å². The van der Waals surface area contributed by atoms with E-state index in [1.807, 2.05) is 24.3 Å². The highest BCUT2D eigenvalue weighted by Crippen LogP contribution is 2.25.